The van der Waals surface area contributed by atoms with Crippen LogP contribution in [0.1, 0.15) is 0 Å². The van der Waals surface area contributed by atoms with Gasteiger partial charge in [-0.25, -0.2) is 0 Å². The van der Waals surface area contributed by atoms with Crippen molar-refractivity contribution in [1.82, 2.24) is 0 Å². The van der Waals surface area contributed by atoms with Gasteiger partial charge in [-0.3, -0.25) is 5.73 Å². The fourth-order valence-electron chi connectivity index (χ4n) is 0. The molecule has 0 aromatic rings. The van der Waals surface area contributed by atoms with E-state index in [0.717, 1.165) is 0 Å². The number of alkyl halides is 2. The van der Waals surface area contributed by atoms with E-state index in [1.165, 1.54) is 0 Å². The van der Waals surface area contributed by atoms with Gasteiger partial charge in [-0.05, 0) is 6.08 Å². The lowest BCUT2D eigenvalue weighted by Gasteiger charge is -1.97. The van der Waals surface area contributed by atoms with E-state index in [4.69, 9.17) is 0 Å². The molecule has 0 unspecified atom stereocenters. The van der Waals surface area contributed by atoms with Gasteiger partial charge in [0.05, 0.1) is 0 Å². The summed E-state index contributed by atoms with van der Waals surface area (Å²) in [7, 11) is 0. The number of hydrogen-bond donors (Lipinski definition) is 1. The second kappa shape index (κ2) is 1.34. The fourth-order valence-corrected chi connectivity index (χ4v) is 0. The summed E-state index contributed by atoms with van der Waals surface area (Å²) in [5.41, 5.74) is 4.08. The van der Waals surface area contributed by atoms with E-state index in [0.29, 0.717) is 6.08 Å². The first-order chi connectivity index (χ1) is 2.56. The fraction of sp³-hybridized carbons (Fsp3) is 0.333. The third kappa shape index (κ3) is 3.56. The molecule has 0 amide bonds. The first kappa shape index (κ1) is 5.56. The monoisotopic (exact) mass is 93.0 g/mol. The van der Waals surface area contributed by atoms with Crippen LogP contribution in [-0.2, 0) is 0 Å². The molecule has 0 rings (SSSR count). The largest absolute Gasteiger partial charge is 0.319 e. The molecule has 0 bridgehead atoms. The van der Waals surface area contributed by atoms with Gasteiger partial charge >= 0.3 is 6.05 Å². The van der Waals surface area contributed by atoms with Gasteiger partial charge in [0, 0.05) is 0 Å². The van der Waals surface area contributed by atoms with Crippen molar-refractivity contribution in [3.05, 3.63) is 12.7 Å². The van der Waals surface area contributed by atoms with Crippen LogP contribution in [0.4, 0.5) is 8.78 Å². The lowest BCUT2D eigenvalue weighted by molar-refractivity contribution is 0.0635. The molecule has 0 aliphatic heterocycles. The van der Waals surface area contributed by atoms with Gasteiger partial charge in [0.2, 0.25) is 0 Å². The van der Waals surface area contributed by atoms with Crippen molar-refractivity contribution in [3.63, 3.8) is 0 Å². The molecular formula is C3H5F2N. The number of nitrogens with two attached hydrogens (primary N) is 1. The van der Waals surface area contributed by atoms with E-state index in [1.54, 1.807) is 0 Å². The molecule has 36 valence electrons. The van der Waals surface area contributed by atoms with Gasteiger partial charge < -0.3 is 0 Å². The summed E-state index contributed by atoms with van der Waals surface area (Å²) < 4.78 is 22.2. The Hall–Kier alpha value is -0.440. The highest BCUT2D eigenvalue weighted by Crippen LogP contribution is 2.01. The number of rotatable bonds is 1. The summed E-state index contributed by atoms with van der Waals surface area (Å²) >= 11 is 0. The first-order valence-corrected chi connectivity index (χ1v) is 1.36. The zero-order chi connectivity index (χ0) is 5.21. The van der Waals surface area contributed by atoms with E-state index >= 15 is 0 Å². The zero-order valence-electron chi connectivity index (χ0n) is 3.12. The highest BCUT2D eigenvalue weighted by atomic mass is 19.3. The highest BCUT2D eigenvalue weighted by Gasteiger charge is 2.13. The van der Waals surface area contributed by atoms with E-state index in [-0.39, 0.29) is 0 Å². The molecule has 0 aliphatic rings. The zero-order valence-corrected chi connectivity index (χ0v) is 3.12. The third-order valence-electron chi connectivity index (χ3n) is 0.272. The van der Waals surface area contributed by atoms with Crippen molar-refractivity contribution < 1.29 is 8.78 Å². The Kier molecular flexibility index (Phi) is 1.24. The van der Waals surface area contributed by atoms with Crippen molar-refractivity contribution in [2.75, 3.05) is 0 Å². The minimum absolute atomic E-state index is 0.382. The van der Waals surface area contributed by atoms with E-state index < -0.39 is 6.05 Å². The van der Waals surface area contributed by atoms with Gasteiger partial charge in [0.25, 0.3) is 0 Å². The molecule has 0 fully saturated rings. The van der Waals surface area contributed by atoms with Crippen LogP contribution < -0.4 is 5.73 Å². The van der Waals surface area contributed by atoms with Crippen molar-refractivity contribution in [1.29, 1.82) is 0 Å². The standard InChI is InChI=1S/C3H5F2N/c1-2-3(4,5)6/h2H,1,6H2. The van der Waals surface area contributed by atoms with Crippen LogP contribution in [0.15, 0.2) is 12.7 Å². The maximum absolute atomic E-state index is 11.1. The van der Waals surface area contributed by atoms with Crippen molar-refractivity contribution in [3.8, 4) is 0 Å². The molecule has 0 aromatic heterocycles. The van der Waals surface area contributed by atoms with Crippen LogP contribution in [0.2, 0.25) is 0 Å². The van der Waals surface area contributed by atoms with Crippen LogP contribution in [0.25, 0.3) is 0 Å². The molecule has 0 saturated carbocycles. The van der Waals surface area contributed by atoms with Crippen LogP contribution in [0.3, 0.4) is 0 Å². The summed E-state index contributed by atoms with van der Waals surface area (Å²) in [4.78, 5) is 0. The molecule has 0 atom stereocenters. The van der Waals surface area contributed by atoms with Crippen LogP contribution in [0.5, 0.6) is 0 Å². The Balaban J connectivity index is 3.45. The van der Waals surface area contributed by atoms with Crippen LogP contribution in [0, 0.1) is 0 Å². The molecule has 2 N–H and O–H groups in total. The Morgan fingerprint density at radius 1 is 1.67 bits per heavy atom. The van der Waals surface area contributed by atoms with E-state index in [1.807, 2.05) is 0 Å². The van der Waals surface area contributed by atoms with Crippen molar-refractivity contribution in [2.24, 2.45) is 5.73 Å². The summed E-state index contributed by atoms with van der Waals surface area (Å²) in [6.45, 7) is 2.76. The average molecular weight is 93.1 g/mol. The van der Waals surface area contributed by atoms with E-state index in [2.05, 4.69) is 12.3 Å². The summed E-state index contributed by atoms with van der Waals surface area (Å²) in [6, 6.07) is -3.19. The SMILES string of the molecule is C=CC(N)(F)F. The minimum atomic E-state index is -3.19. The van der Waals surface area contributed by atoms with Crippen LogP contribution >= 0.6 is 0 Å². The molecule has 0 radical (unpaired) electrons. The number of hydrogen-bond acceptors (Lipinski definition) is 1. The van der Waals surface area contributed by atoms with Crippen LogP contribution in [-0.4, -0.2) is 6.05 Å². The van der Waals surface area contributed by atoms with Gasteiger partial charge in [-0.1, -0.05) is 6.58 Å². The Morgan fingerprint density at radius 2 is 1.83 bits per heavy atom. The topological polar surface area (TPSA) is 26.0 Å². The minimum Gasteiger partial charge on any atom is -0.268 e. The highest BCUT2D eigenvalue weighted by molar-refractivity contribution is 4.79. The Bertz CT molecular complexity index is 54.3. The van der Waals surface area contributed by atoms with Gasteiger partial charge in [0.15, 0.2) is 0 Å². The lowest BCUT2D eigenvalue weighted by Crippen LogP contribution is -2.24. The third-order valence-corrected chi connectivity index (χ3v) is 0.272. The smallest absolute Gasteiger partial charge is 0.268 e. The van der Waals surface area contributed by atoms with Crippen molar-refractivity contribution >= 4 is 0 Å². The quantitative estimate of drug-likeness (QED) is 0.375. The Morgan fingerprint density at radius 3 is 1.83 bits per heavy atom. The molecule has 3 heteroatoms. The predicted molar refractivity (Wildman–Crippen MR) is 19.3 cm³/mol. The molecule has 0 aliphatic carbocycles. The molecule has 0 aromatic carbocycles. The maximum Gasteiger partial charge on any atom is 0.319 e. The summed E-state index contributed by atoms with van der Waals surface area (Å²) in [5, 5.41) is 0. The lowest BCUT2D eigenvalue weighted by atomic mass is 10.6. The molecule has 0 heterocycles. The van der Waals surface area contributed by atoms with Gasteiger partial charge in [0.1, 0.15) is 0 Å². The molecular weight excluding hydrogens is 88.0 g/mol. The van der Waals surface area contributed by atoms with Crippen molar-refractivity contribution in [2.45, 2.75) is 6.05 Å². The predicted octanol–water partition coefficient (Wildman–Crippen LogP) is 0.724. The first-order valence-electron chi connectivity index (χ1n) is 1.36. The van der Waals surface area contributed by atoms with Gasteiger partial charge in [-0.15, -0.1) is 0 Å². The summed E-state index contributed by atoms with van der Waals surface area (Å²) in [5.74, 6) is 0. The molecule has 6 heavy (non-hydrogen) atoms. The second-order valence-electron chi connectivity index (χ2n) is 0.879. The number of halogens is 2. The second-order valence-corrected chi connectivity index (χ2v) is 0.879. The van der Waals surface area contributed by atoms with Gasteiger partial charge in [-0.2, -0.15) is 8.78 Å². The summed E-state index contributed by atoms with van der Waals surface area (Å²) in [6.07, 6.45) is 0.382. The molecule has 0 saturated heterocycles. The maximum atomic E-state index is 11.1. The molecule has 0 spiro atoms. The Labute approximate surface area is 34.5 Å². The van der Waals surface area contributed by atoms with E-state index in [9.17, 15) is 8.78 Å². The normalized spacial score (nSPS) is 11.2. The average Bonchev–Trinajstić information content (AvgIpc) is 1.35. The molecule has 1 nitrogen and oxygen atoms in total.